The maximum absolute atomic E-state index is 12.7. The van der Waals surface area contributed by atoms with Gasteiger partial charge < -0.3 is 14.4 Å². The van der Waals surface area contributed by atoms with Crippen LogP contribution in [-0.4, -0.2) is 57.3 Å². The molecule has 1 aromatic rings. The highest BCUT2D eigenvalue weighted by molar-refractivity contribution is 5.85. The van der Waals surface area contributed by atoms with Gasteiger partial charge in [0.2, 0.25) is 11.8 Å². The van der Waals surface area contributed by atoms with Crippen molar-refractivity contribution in [3.63, 3.8) is 0 Å². The van der Waals surface area contributed by atoms with Crippen LogP contribution < -0.4 is 0 Å². The zero-order chi connectivity index (χ0) is 17.4. The highest BCUT2D eigenvalue weighted by Gasteiger charge is 2.32. The molecule has 2 saturated heterocycles. The van der Waals surface area contributed by atoms with Crippen molar-refractivity contribution in [2.75, 3.05) is 26.2 Å². The first-order valence-corrected chi connectivity index (χ1v) is 9.73. The number of hydrogen-bond donors (Lipinski definition) is 0. The minimum absolute atomic E-state index is 0.0999. The Labute approximate surface area is 149 Å². The predicted octanol–water partition coefficient (Wildman–Crippen LogP) is 2.24. The second kappa shape index (κ2) is 6.81. The summed E-state index contributed by atoms with van der Waals surface area (Å²) in [5.74, 6) is 2.04. The third-order valence-corrected chi connectivity index (χ3v) is 6.09. The lowest BCUT2D eigenvalue weighted by Gasteiger charge is -2.37. The summed E-state index contributed by atoms with van der Waals surface area (Å²) in [6, 6.07) is 0.324. The van der Waals surface area contributed by atoms with Crippen molar-refractivity contribution in [1.29, 1.82) is 0 Å². The number of nitrogens with zero attached hydrogens (tertiary/aromatic N) is 4. The lowest BCUT2D eigenvalue weighted by atomic mass is 9.84. The first-order chi connectivity index (χ1) is 12.1. The Bertz CT molecular complexity index is 664. The Hall–Kier alpha value is -1.85. The molecule has 1 unspecified atom stereocenters. The Morgan fingerprint density at radius 2 is 2.04 bits per heavy atom. The van der Waals surface area contributed by atoms with E-state index >= 15 is 0 Å². The van der Waals surface area contributed by atoms with Gasteiger partial charge in [-0.2, -0.15) is 0 Å². The maximum Gasteiger partial charge on any atom is 0.242 e. The highest BCUT2D eigenvalue weighted by Crippen LogP contribution is 2.38. The van der Waals surface area contributed by atoms with E-state index in [4.69, 9.17) is 0 Å². The number of carbonyl (C=O) groups is 2. The van der Waals surface area contributed by atoms with E-state index < -0.39 is 0 Å². The number of aromatic nitrogens is 2. The summed E-state index contributed by atoms with van der Waals surface area (Å²) in [7, 11) is 0. The molecule has 2 amide bonds. The van der Waals surface area contributed by atoms with Gasteiger partial charge in [-0.05, 0) is 39.0 Å². The lowest BCUT2D eigenvalue weighted by Crippen LogP contribution is -2.46. The Morgan fingerprint density at radius 1 is 1.20 bits per heavy atom. The number of aryl methyl sites for hydroxylation is 1. The third kappa shape index (κ3) is 3.18. The number of imidazole rings is 1. The monoisotopic (exact) mass is 344 g/mol. The van der Waals surface area contributed by atoms with Crippen molar-refractivity contribution < 1.29 is 9.59 Å². The standard InChI is InChI=1S/C19H28N4O2/c1-14-11-20-19(15-5-2-6-15)23(14)16-7-3-9-21(12-16)18(25)13-22-10-4-8-17(22)24/h11,15-16H,2-10,12-13H2,1H3. The van der Waals surface area contributed by atoms with Crippen molar-refractivity contribution in [2.45, 2.75) is 63.8 Å². The Balaban J connectivity index is 1.45. The molecular formula is C19H28N4O2. The van der Waals surface area contributed by atoms with Crippen molar-refractivity contribution in [3.8, 4) is 0 Å². The quantitative estimate of drug-likeness (QED) is 0.842. The van der Waals surface area contributed by atoms with Gasteiger partial charge in [-0.1, -0.05) is 6.42 Å². The summed E-state index contributed by atoms with van der Waals surface area (Å²) >= 11 is 0. The molecule has 2 aliphatic heterocycles. The fourth-order valence-electron chi connectivity index (χ4n) is 4.43. The van der Waals surface area contributed by atoms with Gasteiger partial charge in [-0.25, -0.2) is 4.98 Å². The predicted molar refractivity (Wildman–Crippen MR) is 94.2 cm³/mol. The average Bonchev–Trinajstić information content (AvgIpc) is 3.12. The van der Waals surface area contributed by atoms with E-state index in [9.17, 15) is 9.59 Å². The number of amides is 2. The molecule has 4 rings (SSSR count). The van der Waals surface area contributed by atoms with Gasteiger partial charge >= 0.3 is 0 Å². The van der Waals surface area contributed by atoms with Crippen LogP contribution in [0.2, 0.25) is 0 Å². The van der Waals surface area contributed by atoms with Gasteiger partial charge in [-0.3, -0.25) is 9.59 Å². The van der Waals surface area contributed by atoms with Crippen LogP contribution in [0.3, 0.4) is 0 Å². The molecule has 3 aliphatic rings. The zero-order valence-electron chi connectivity index (χ0n) is 15.1. The van der Waals surface area contributed by atoms with Crippen LogP contribution in [-0.2, 0) is 9.59 Å². The summed E-state index contributed by atoms with van der Waals surface area (Å²) < 4.78 is 2.39. The number of carbonyl (C=O) groups excluding carboxylic acids is 2. The minimum Gasteiger partial charge on any atom is -0.339 e. The van der Waals surface area contributed by atoms with Crippen molar-refractivity contribution in [3.05, 3.63) is 17.7 Å². The Morgan fingerprint density at radius 3 is 2.72 bits per heavy atom. The second-order valence-corrected chi connectivity index (χ2v) is 7.81. The Kier molecular flexibility index (Phi) is 4.52. The normalized spacial score (nSPS) is 24.7. The van der Waals surface area contributed by atoms with E-state index in [-0.39, 0.29) is 18.4 Å². The molecule has 3 fully saturated rings. The molecule has 0 aromatic carbocycles. The van der Waals surface area contributed by atoms with Crippen molar-refractivity contribution in [1.82, 2.24) is 19.4 Å². The number of rotatable bonds is 4. The highest BCUT2D eigenvalue weighted by atomic mass is 16.2. The second-order valence-electron chi connectivity index (χ2n) is 7.81. The molecule has 6 nitrogen and oxygen atoms in total. The molecule has 0 spiro atoms. The van der Waals surface area contributed by atoms with Crippen LogP contribution >= 0.6 is 0 Å². The first-order valence-electron chi connectivity index (χ1n) is 9.73. The van der Waals surface area contributed by atoms with E-state index in [1.165, 1.54) is 30.8 Å². The van der Waals surface area contributed by atoms with E-state index in [1.807, 2.05) is 11.1 Å². The molecule has 25 heavy (non-hydrogen) atoms. The zero-order valence-corrected chi connectivity index (χ0v) is 15.1. The average molecular weight is 344 g/mol. The van der Waals surface area contributed by atoms with Gasteiger partial charge in [0, 0.05) is 43.9 Å². The molecule has 3 heterocycles. The minimum atomic E-state index is 0.0999. The number of piperidine rings is 1. The van der Waals surface area contributed by atoms with Crippen LogP contribution in [0.4, 0.5) is 0 Å². The molecule has 1 aromatic heterocycles. The van der Waals surface area contributed by atoms with Crippen LogP contribution in [0.15, 0.2) is 6.20 Å². The van der Waals surface area contributed by atoms with Gasteiger partial charge in [-0.15, -0.1) is 0 Å². The van der Waals surface area contributed by atoms with Crippen LogP contribution in [0.1, 0.15) is 68.4 Å². The summed E-state index contributed by atoms with van der Waals surface area (Å²) in [6.45, 7) is 4.67. The largest absolute Gasteiger partial charge is 0.339 e. The van der Waals surface area contributed by atoms with Crippen molar-refractivity contribution in [2.24, 2.45) is 0 Å². The molecule has 0 radical (unpaired) electrons. The number of likely N-dealkylation sites (tertiary alicyclic amines) is 2. The molecule has 1 aliphatic carbocycles. The smallest absolute Gasteiger partial charge is 0.242 e. The van der Waals surface area contributed by atoms with Crippen LogP contribution in [0.5, 0.6) is 0 Å². The first kappa shape index (κ1) is 16.6. The summed E-state index contributed by atoms with van der Waals surface area (Å²) in [4.78, 5) is 32.8. The molecule has 6 heteroatoms. The van der Waals surface area contributed by atoms with Gasteiger partial charge in [0.05, 0.1) is 12.6 Å². The van der Waals surface area contributed by atoms with Crippen LogP contribution in [0.25, 0.3) is 0 Å². The van der Waals surface area contributed by atoms with E-state index in [1.54, 1.807) is 4.90 Å². The molecule has 1 atom stereocenters. The van der Waals surface area contributed by atoms with Crippen LogP contribution in [0, 0.1) is 6.92 Å². The molecule has 1 saturated carbocycles. The molecular weight excluding hydrogens is 316 g/mol. The SMILES string of the molecule is Cc1cnc(C2CCC2)n1C1CCCN(C(=O)CN2CCCC2=O)C1. The van der Waals surface area contributed by atoms with Gasteiger partial charge in [0.15, 0.2) is 0 Å². The van der Waals surface area contributed by atoms with E-state index in [2.05, 4.69) is 16.5 Å². The molecule has 136 valence electrons. The third-order valence-electron chi connectivity index (χ3n) is 6.09. The fourth-order valence-corrected chi connectivity index (χ4v) is 4.43. The summed E-state index contributed by atoms with van der Waals surface area (Å²) in [5, 5.41) is 0. The number of hydrogen-bond acceptors (Lipinski definition) is 3. The van der Waals surface area contributed by atoms with E-state index in [0.717, 1.165) is 38.9 Å². The van der Waals surface area contributed by atoms with Crippen molar-refractivity contribution >= 4 is 11.8 Å². The topological polar surface area (TPSA) is 58.4 Å². The summed E-state index contributed by atoms with van der Waals surface area (Å²) in [6.07, 6.45) is 9.36. The van der Waals surface area contributed by atoms with E-state index in [0.29, 0.717) is 18.4 Å². The fraction of sp³-hybridized carbons (Fsp3) is 0.737. The van der Waals surface area contributed by atoms with Gasteiger partial charge in [0.1, 0.15) is 5.82 Å². The maximum atomic E-state index is 12.7. The molecule has 0 bridgehead atoms. The molecule has 0 N–H and O–H groups in total. The summed E-state index contributed by atoms with van der Waals surface area (Å²) in [5.41, 5.74) is 1.20. The van der Waals surface area contributed by atoms with Gasteiger partial charge in [0.25, 0.3) is 0 Å². The lowest BCUT2D eigenvalue weighted by molar-refractivity contribution is -0.139.